The number of amides is 2. The third-order valence-electron chi connectivity index (χ3n) is 4.18. The summed E-state index contributed by atoms with van der Waals surface area (Å²) in [6.07, 6.45) is 4.41. The Kier molecular flexibility index (Phi) is 4.90. The summed E-state index contributed by atoms with van der Waals surface area (Å²) in [6, 6.07) is 9.08. The number of likely N-dealkylation sites (tertiary alicyclic amines) is 1. The summed E-state index contributed by atoms with van der Waals surface area (Å²) >= 11 is 0. The minimum Gasteiger partial charge on any atom is -0.363 e. The summed E-state index contributed by atoms with van der Waals surface area (Å²) in [6.45, 7) is 1.04. The van der Waals surface area contributed by atoms with Gasteiger partial charge >= 0.3 is 6.03 Å². The van der Waals surface area contributed by atoms with E-state index in [1.54, 1.807) is 6.07 Å². The highest BCUT2D eigenvalue weighted by molar-refractivity contribution is 5.88. The van der Waals surface area contributed by atoms with Gasteiger partial charge in [0, 0.05) is 19.2 Å². The fourth-order valence-corrected chi connectivity index (χ4v) is 2.98. The van der Waals surface area contributed by atoms with Gasteiger partial charge in [-0.05, 0) is 36.3 Å². The number of nitrogens with one attached hydrogen (secondary N) is 1. The zero-order valence-electron chi connectivity index (χ0n) is 12.9. The smallest absolute Gasteiger partial charge is 0.323 e. The van der Waals surface area contributed by atoms with Gasteiger partial charge < -0.3 is 9.42 Å². The molecule has 0 bridgehead atoms. The summed E-state index contributed by atoms with van der Waals surface area (Å²) < 4.78 is 17.3. The number of alkyl halides is 1. The van der Waals surface area contributed by atoms with Crippen molar-refractivity contribution in [3.05, 3.63) is 47.7 Å². The predicted octanol–water partition coefficient (Wildman–Crippen LogP) is 3.63. The van der Waals surface area contributed by atoms with Gasteiger partial charge in [0.15, 0.2) is 5.82 Å². The van der Waals surface area contributed by atoms with E-state index in [0.717, 1.165) is 25.8 Å². The average molecular weight is 317 g/mol. The number of benzene rings is 1. The molecule has 1 unspecified atom stereocenters. The van der Waals surface area contributed by atoms with Crippen LogP contribution in [0.5, 0.6) is 0 Å². The lowest BCUT2D eigenvalue weighted by atomic mass is 9.91. The molecule has 1 N–H and O–H groups in total. The van der Waals surface area contributed by atoms with Crippen molar-refractivity contribution in [1.82, 2.24) is 10.1 Å². The van der Waals surface area contributed by atoms with Crippen LogP contribution in [-0.2, 0) is 13.1 Å². The van der Waals surface area contributed by atoms with Crippen LogP contribution in [0.3, 0.4) is 0 Å². The highest BCUT2D eigenvalue weighted by Crippen LogP contribution is 2.22. The molecule has 0 aliphatic carbocycles. The van der Waals surface area contributed by atoms with E-state index in [1.165, 1.54) is 11.8 Å². The van der Waals surface area contributed by atoms with Gasteiger partial charge in [0.1, 0.15) is 12.9 Å². The van der Waals surface area contributed by atoms with Gasteiger partial charge in [0.25, 0.3) is 0 Å². The fourth-order valence-electron chi connectivity index (χ4n) is 2.98. The fraction of sp³-hybridized carbons (Fsp3) is 0.412. The van der Waals surface area contributed by atoms with E-state index in [0.29, 0.717) is 23.8 Å². The van der Waals surface area contributed by atoms with Crippen LogP contribution in [0.1, 0.15) is 24.0 Å². The number of rotatable bonds is 4. The molecule has 5 nitrogen and oxygen atoms in total. The van der Waals surface area contributed by atoms with Gasteiger partial charge in [-0.3, -0.25) is 5.32 Å². The van der Waals surface area contributed by atoms with Gasteiger partial charge in [-0.25, -0.2) is 9.18 Å². The Bertz CT molecular complexity index is 628. The van der Waals surface area contributed by atoms with Crippen molar-refractivity contribution in [2.24, 2.45) is 5.92 Å². The molecule has 1 saturated heterocycles. The number of urea groups is 1. The summed E-state index contributed by atoms with van der Waals surface area (Å²) in [5, 5.41) is 6.42. The van der Waals surface area contributed by atoms with Gasteiger partial charge in [0.2, 0.25) is 0 Å². The molecule has 1 aliphatic rings. The first-order valence-electron chi connectivity index (χ1n) is 7.84. The standard InChI is InChI=1S/C17H20FN3O2/c18-11-14-5-3-13(4-6-14)10-15-2-1-8-21(12-15)17(22)19-16-7-9-23-20-16/h3-7,9,15H,1-2,8,10-12H2,(H,19,20,22). The molecule has 0 saturated carbocycles. The molecule has 6 heteroatoms. The molecule has 1 aromatic carbocycles. The molecular weight excluding hydrogens is 297 g/mol. The maximum absolute atomic E-state index is 12.5. The first kappa shape index (κ1) is 15.5. The normalized spacial score (nSPS) is 18.0. The van der Waals surface area contributed by atoms with Gasteiger partial charge in [-0.1, -0.05) is 29.4 Å². The highest BCUT2D eigenvalue weighted by atomic mass is 19.1. The van der Waals surface area contributed by atoms with Gasteiger partial charge in [-0.2, -0.15) is 0 Å². The van der Waals surface area contributed by atoms with E-state index in [2.05, 4.69) is 10.5 Å². The Morgan fingerprint density at radius 3 is 2.78 bits per heavy atom. The van der Waals surface area contributed by atoms with Crippen LogP contribution < -0.4 is 5.32 Å². The number of anilines is 1. The second-order valence-corrected chi connectivity index (χ2v) is 5.92. The van der Waals surface area contributed by atoms with E-state index in [9.17, 15) is 9.18 Å². The third-order valence-corrected chi connectivity index (χ3v) is 4.18. The lowest BCUT2D eigenvalue weighted by Gasteiger charge is -2.32. The number of piperidine rings is 1. The summed E-state index contributed by atoms with van der Waals surface area (Å²) in [5.41, 5.74) is 1.89. The van der Waals surface area contributed by atoms with Gasteiger partial charge in [0.05, 0.1) is 0 Å². The summed E-state index contributed by atoms with van der Waals surface area (Å²) in [4.78, 5) is 14.1. The molecular formula is C17H20FN3O2. The second kappa shape index (κ2) is 7.26. The van der Waals surface area contributed by atoms with Crippen LogP contribution >= 0.6 is 0 Å². The van der Waals surface area contributed by atoms with Crippen molar-refractivity contribution in [2.75, 3.05) is 18.4 Å². The van der Waals surface area contributed by atoms with Crippen LogP contribution in [-0.4, -0.2) is 29.2 Å². The van der Waals surface area contributed by atoms with Crippen molar-refractivity contribution >= 4 is 11.8 Å². The molecule has 0 radical (unpaired) electrons. The first-order valence-corrected chi connectivity index (χ1v) is 7.84. The summed E-state index contributed by atoms with van der Waals surface area (Å²) in [7, 11) is 0. The van der Waals surface area contributed by atoms with E-state index < -0.39 is 6.67 Å². The number of hydrogen-bond acceptors (Lipinski definition) is 3. The number of hydrogen-bond donors (Lipinski definition) is 1. The van der Waals surface area contributed by atoms with Crippen LogP contribution in [0.25, 0.3) is 0 Å². The van der Waals surface area contributed by atoms with Crippen molar-refractivity contribution < 1.29 is 13.7 Å². The zero-order chi connectivity index (χ0) is 16.1. The van der Waals surface area contributed by atoms with Gasteiger partial charge in [-0.15, -0.1) is 0 Å². The molecule has 2 amide bonds. The average Bonchev–Trinajstić information content (AvgIpc) is 3.09. The molecule has 3 rings (SSSR count). The quantitative estimate of drug-likeness (QED) is 0.937. The lowest BCUT2D eigenvalue weighted by molar-refractivity contribution is 0.177. The highest BCUT2D eigenvalue weighted by Gasteiger charge is 2.24. The Balaban J connectivity index is 1.55. The van der Waals surface area contributed by atoms with E-state index in [1.807, 2.05) is 29.2 Å². The monoisotopic (exact) mass is 317 g/mol. The molecule has 1 fully saturated rings. The topological polar surface area (TPSA) is 58.4 Å². The van der Waals surface area contributed by atoms with Crippen molar-refractivity contribution in [3.63, 3.8) is 0 Å². The lowest BCUT2D eigenvalue weighted by Crippen LogP contribution is -2.42. The van der Waals surface area contributed by atoms with E-state index in [-0.39, 0.29) is 6.03 Å². The molecule has 122 valence electrons. The Morgan fingerprint density at radius 1 is 1.30 bits per heavy atom. The number of carbonyl (C=O) groups excluding carboxylic acids is 1. The van der Waals surface area contributed by atoms with Crippen LogP contribution in [0.15, 0.2) is 41.1 Å². The third kappa shape index (κ3) is 4.09. The number of aromatic nitrogens is 1. The van der Waals surface area contributed by atoms with Crippen molar-refractivity contribution in [1.29, 1.82) is 0 Å². The maximum Gasteiger partial charge on any atom is 0.323 e. The maximum atomic E-state index is 12.5. The second-order valence-electron chi connectivity index (χ2n) is 5.92. The number of carbonyl (C=O) groups is 1. The molecule has 2 heterocycles. The first-order chi connectivity index (χ1) is 11.2. The Hall–Kier alpha value is -2.37. The Labute approximate surface area is 134 Å². The van der Waals surface area contributed by atoms with Crippen molar-refractivity contribution in [2.45, 2.75) is 25.9 Å². The van der Waals surface area contributed by atoms with Crippen LogP contribution in [0.2, 0.25) is 0 Å². The van der Waals surface area contributed by atoms with Crippen LogP contribution in [0, 0.1) is 5.92 Å². The molecule has 1 aliphatic heterocycles. The molecule has 0 spiro atoms. The number of nitrogens with zero attached hydrogens (tertiary/aromatic N) is 2. The predicted molar refractivity (Wildman–Crippen MR) is 84.8 cm³/mol. The number of halogens is 1. The minimum atomic E-state index is -0.431. The SMILES string of the molecule is O=C(Nc1ccon1)N1CCCC(Cc2ccc(CF)cc2)C1. The molecule has 1 atom stereocenters. The van der Waals surface area contributed by atoms with Crippen molar-refractivity contribution in [3.8, 4) is 0 Å². The minimum absolute atomic E-state index is 0.142. The molecule has 23 heavy (non-hydrogen) atoms. The van der Waals surface area contributed by atoms with E-state index in [4.69, 9.17) is 4.52 Å². The molecule has 2 aromatic rings. The molecule has 1 aromatic heterocycles. The summed E-state index contributed by atoms with van der Waals surface area (Å²) in [5.74, 6) is 0.849. The van der Waals surface area contributed by atoms with E-state index >= 15 is 0 Å². The van der Waals surface area contributed by atoms with Crippen LogP contribution in [0.4, 0.5) is 15.0 Å². The Morgan fingerprint density at radius 2 is 2.09 bits per heavy atom. The zero-order valence-corrected chi connectivity index (χ0v) is 12.9. The largest absolute Gasteiger partial charge is 0.363 e.